The van der Waals surface area contributed by atoms with E-state index in [0.717, 1.165) is 31.0 Å². The molecule has 0 bridgehead atoms. The first-order chi connectivity index (χ1) is 9.15. The van der Waals surface area contributed by atoms with Gasteiger partial charge in [0.05, 0.1) is 6.04 Å². The van der Waals surface area contributed by atoms with Crippen LogP contribution < -0.4 is 15.2 Å². The van der Waals surface area contributed by atoms with Crippen LogP contribution in [0, 0.1) is 0 Å². The molecule has 1 aromatic rings. The lowest BCUT2D eigenvalue weighted by atomic mass is 9.97. The van der Waals surface area contributed by atoms with Crippen LogP contribution in [0.25, 0.3) is 0 Å². The van der Waals surface area contributed by atoms with Crippen molar-refractivity contribution in [3.8, 4) is 11.5 Å². The zero-order chi connectivity index (χ0) is 13.4. The second kappa shape index (κ2) is 4.74. The van der Waals surface area contributed by atoms with Crippen molar-refractivity contribution in [2.24, 2.45) is 5.73 Å². The van der Waals surface area contributed by atoms with E-state index in [0.29, 0.717) is 13.2 Å². The van der Waals surface area contributed by atoms with E-state index in [-0.39, 0.29) is 11.9 Å². The number of rotatable bonds is 2. The first-order valence-corrected chi connectivity index (χ1v) is 6.60. The Morgan fingerprint density at radius 1 is 1.26 bits per heavy atom. The van der Waals surface area contributed by atoms with Crippen LogP contribution in [0.15, 0.2) is 12.1 Å². The van der Waals surface area contributed by atoms with E-state index in [4.69, 9.17) is 15.2 Å². The first kappa shape index (κ1) is 12.3. The minimum absolute atomic E-state index is 0.235. The number of hydrogen-bond donors (Lipinski definition) is 1. The molecular weight excluding hydrogens is 244 g/mol. The maximum atomic E-state index is 11.3. The second-order valence-electron chi connectivity index (χ2n) is 5.06. The molecule has 5 nitrogen and oxygen atoms in total. The topological polar surface area (TPSA) is 64.8 Å². The Balaban J connectivity index is 1.86. The third-order valence-corrected chi connectivity index (χ3v) is 3.87. The van der Waals surface area contributed by atoms with Crippen molar-refractivity contribution >= 4 is 5.91 Å². The van der Waals surface area contributed by atoms with Gasteiger partial charge in [-0.3, -0.25) is 9.69 Å². The van der Waals surface area contributed by atoms with Gasteiger partial charge in [0.15, 0.2) is 11.5 Å². The highest BCUT2D eigenvalue weighted by molar-refractivity contribution is 5.79. The number of amides is 1. The number of benzene rings is 1. The molecule has 0 aromatic heterocycles. The number of carbonyl (C=O) groups excluding carboxylic acids is 1. The Bertz CT molecular complexity index is 516. The second-order valence-corrected chi connectivity index (χ2v) is 5.06. The van der Waals surface area contributed by atoms with Gasteiger partial charge in [-0.1, -0.05) is 0 Å². The Morgan fingerprint density at radius 2 is 1.89 bits per heavy atom. The molecule has 2 heterocycles. The van der Waals surface area contributed by atoms with Crippen molar-refractivity contribution in [3.05, 3.63) is 23.3 Å². The number of primary amides is 1. The summed E-state index contributed by atoms with van der Waals surface area (Å²) in [7, 11) is 0. The number of ether oxygens (including phenoxy) is 2. The van der Waals surface area contributed by atoms with Crippen LogP contribution in [-0.2, 0) is 17.8 Å². The smallest absolute Gasteiger partial charge is 0.234 e. The minimum atomic E-state index is -0.277. The number of nitrogens with two attached hydrogens (primary N) is 1. The van der Waals surface area contributed by atoms with Gasteiger partial charge in [-0.25, -0.2) is 0 Å². The van der Waals surface area contributed by atoms with Crippen molar-refractivity contribution in [1.82, 2.24) is 4.90 Å². The number of hydrogen-bond acceptors (Lipinski definition) is 4. The van der Waals surface area contributed by atoms with Crippen LogP contribution in [0.2, 0.25) is 0 Å². The summed E-state index contributed by atoms with van der Waals surface area (Å²) in [6, 6.07) is 3.86. The molecule has 0 fully saturated rings. The van der Waals surface area contributed by atoms with Crippen molar-refractivity contribution in [1.29, 1.82) is 0 Å². The van der Waals surface area contributed by atoms with Gasteiger partial charge in [-0.15, -0.1) is 0 Å². The molecule has 102 valence electrons. The van der Waals surface area contributed by atoms with Crippen LogP contribution in [0.5, 0.6) is 11.5 Å². The molecule has 1 unspecified atom stereocenters. The van der Waals surface area contributed by atoms with Gasteiger partial charge in [0.25, 0.3) is 0 Å². The first-order valence-electron chi connectivity index (χ1n) is 6.60. The van der Waals surface area contributed by atoms with Gasteiger partial charge >= 0.3 is 0 Å². The molecule has 0 radical (unpaired) electrons. The molecule has 0 saturated carbocycles. The maximum Gasteiger partial charge on any atom is 0.234 e. The fourth-order valence-corrected chi connectivity index (χ4v) is 2.63. The Hall–Kier alpha value is -1.75. The predicted octanol–water partition coefficient (Wildman–Crippen LogP) is 0.690. The average Bonchev–Trinajstić information content (AvgIpc) is 2.43. The van der Waals surface area contributed by atoms with Crippen molar-refractivity contribution in [3.63, 3.8) is 0 Å². The molecule has 0 aliphatic carbocycles. The summed E-state index contributed by atoms with van der Waals surface area (Å²) in [6.45, 7) is 4.63. The quantitative estimate of drug-likeness (QED) is 0.851. The minimum Gasteiger partial charge on any atom is -0.486 e. The summed E-state index contributed by atoms with van der Waals surface area (Å²) in [6.07, 6.45) is 0.906. The molecule has 0 saturated heterocycles. The van der Waals surface area contributed by atoms with Crippen molar-refractivity contribution in [2.45, 2.75) is 25.9 Å². The zero-order valence-corrected chi connectivity index (χ0v) is 11.0. The molecule has 3 rings (SSSR count). The third-order valence-electron chi connectivity index (χ3n) is 3.87. The van der Waals surface area contributed by atoms with Gasteiger partial charge in [0.2, 0.25) is 5.91 Å². The third kappa shape index (κ3) is 2.26. The van der Waals surface area contributed by atoms with Crippen LogP contribution in [0.4, 0.5) is 0 Å². The Morgan fingerprint density at radius 3 is 2.53 bits per heavy atom. The monoisotopic (exact) mass is 262 g/mol. The largest absolute Gasteiger partial charge is 0.486 e. The predicted molar refractivity (Wildman–Crippen MR) is 70.2 cm³/mol. The standard InChI is InChI=1S/C14H18N2O3/c1-9(14(15)17)16-3-2-10-6-12-13(7-11(10)8-16)19-5-4-18-12/h6-7,9H,2-5,8H2,1H3,(H2,15,17). The number of fused-ring (bicyclic) bond motifs is 2. The molecule has 1 amide bonds. The molecule has 2 aliphatic heterocycles. The lowest BCUT2D eigenvalue weighted by Gasteiger charge is -2.33. The highest BCUT2D eigenvalue weighted by Gasteiger charge is 2.25. The molecule has 2 aliphatic rings. The molecular formula is C14H18N2O3. The van der Waals surface area contributed by atoms with E-state index in [1.807, 2.05) is 13.0 Å². The fourth-order valence-electron chi connectivity index (χ4n) is 2.63. The van der Waals surface area contributed by atoms with Crippen molar-refractivity contribution in [2.75, 3.05) is 19.8 Å². The Labute approximate surface area is 112 Å². The lowest BCUT2D eigenvalue weighted by Crippen LogP contribution is -2.45. The van der Waals surface area contributed by atoms with E-state index in [2.05, 4.69) is 11.0 Å². The highest BCUT2D eigenvalue weighted by atomic mass is 16.6. The van der Waals surface area contributed by atoms with Gasteiger partial charge in [0, 0.05) is 13.1 Å². The summed E-state index contributed by atoms with van der Waals surface area (Å²) in [5.74, 6) is 1.36. The molecule has 0 spiro atoms. The van der Waals surface area contributed by atoms with Crippen LogP contribution in [0.3, 0.4) is 0 Å². The van der Waals surface area contributed by atoms with Gasteiger partial charge in [0.1, 0.15) is 13.2 Å². The molecule has 2 N–H and O–H groups in total. The normalized spacial score (nSPS) is 19.6. The van der Waals surface area contributed by atoms with E-state index in [9.17, 15) is 4.79 Å². The van der Waals surface area contributed by atoms with E-state index in [1.165, 1.54) is 11.1 Å². The summed E-state index contributed by atoms with van der Waals surface area (Å²) in [5, 5.41) is 0. The number of carbonyl (C=O) groups is 1. The van der Waals surface area contributed by atoms with Gasteiger partial charge in [-0.05, 0) is 36.6 Å². The summed E-state index contributed by atoms with van der Waals surface area (Å²) < 4.78 is 11.2. The fraction of sp³-hybridized carbons (Fsp3) is 0.500. The molecule has 5 heteroatoms. The van der Waals surface area contributed by atoms with E-state index < -0.39 is 0 Å². The Kier molecular flexibility index (Phi) is 3.06. The van der Waals surface area contributed by atoms with E-state index >= 15 is 0 Å². The van der Waals surface area contributed by atoms with Crippen LogP contribution >= 0.6 is 0 Å². The summed E-state index contributed by atoms with van der Waals surface area (Å²) >= 11 is 0. The van der Waals surface area contributed by atoms with Gasteiger partial charge < -0.3 is 15.2 Å². The molecule has 1 aromatic carbocycles. The lowest BCUT2D eigenvalue weighted by molar-refractivity contribution is -0.123. The van der Waals surface area contributed by atoms with E-state index in [1.54, 1.807) is 0 Å². The highest BCUT2D eigenvalue weighted by Crippen LogP contribution is 2.35. The molecule has 1 atom stereocenters. The summed E-state index contributed by atoms with van der Waals surface area (Å²) in [4.78, 5) is 13.4. The number of nitrogens with zero attached hydrogens (tertiary/aromatic N) is 1. The SMILES string of the molecule is CC(C(N)=O)N1CCc2cc3c(cc2C1)OCCO3. The molecule has 19 heavy (non-hydrogen) atoms. The zero-order valence-electron chi connectivity index (χ0n) is 11.0. The van der Waals surface area contributed by atoms with Crippen LogP contribution in [0.1, 0.15) is 18.1 Å². The van der Waals surface area contributed by atoms with Gasteiger partial charge in [-0.2, -0.15) is 0 Å². The van der Waals surface area contributed by atoms with Crippen molar-refractivity contribution < 1.29 is 14.3 Å². The van der Waals surface area contributed by atoms with Crippen LogP contribution in [-0.4, -0.2) is 36.6 Å². The maximum absolute atomic E-state index is 11.3. The summed E-state index contributed by atoms with van der Waals surface area (Å²) in [5.41, 5.74) is 7.85. The average molecular weight is 262 g/mol.